The molecule has 50 nitrogen and oxygen atoms in total. The molecular formula is H200Cl50N50. The van der Waals surface area contributed by atoms with Gasteiger partial charge in [0.05, 0.1) is 0 Å². The summed E-state index contributed by atoms with van der Waals surface area (Å²) in [5.41, 5.74) is 0. The standard InChI is InChI=1S/50ClH.50H3N/h50*1H;50*1H3. The van der Waals surface area contributed by atoms with Crippen LogP contribution in [0, 0.1) is 0 Å². The van der Waals surface area contributed by atoms with E-state index in [1.165, 1.54) is 0 Å². The van der Waals surface area contributed by atoms with Gasteiger partial charge in [-0.3, -0.25) is 0 Å². The van der Waals surface area contributed by atoms with E-state index in [9.17, 15) is 0 Å². The predicted octanol–water partition coefficient (Wildman–Crippen LogP) is 29.2. The monoisotopic (exact) mass is 2650 g/mol. The van der Waals surface area contributed by atoms with Crippen LogP contribution in [0.3, 0.4) is 0 Å². The summed E-state index contributed by atoms with van der Waals surface area (Å²) in [5, 5.41) is 0. The number of hydrogen-bond acceptors (Lipinski definition) is 50. The van der Waals surface area contributed by atoms with E-state index < -0.39 is 0 Å². The van der Waals surface area contributed by atoms with Crippen LogP contribution < -0.4 is 308 Å². The van der Waals surface area contributed by atoms with Gasteiger partial charge < -0.3 is 308 Å². The molecule has 150 N–H and O–H groups in total. The molecule has 0 aromatic heterocycles. The van der Waals surface area contributed by atoms with Gasteiger partial charge in [0.25, 0.3) is 0 Å². The van der Waals surface area contributed by atoms with Crippen molar-refractivity contribution in [3.05, 3.63) is 0 Å². The molecular weight excluding hydrogens is 2470 g/mol. The highest BCUT2D eigenvalue weighted by Crippen LogP contribution is 0.741. The first-order valence-electron chi connectivity index (χ1n) is 0. The Kier molecular flexibility index (Phi) is 780000. The quantitative estimate of drug-likeness (QED) is 0.107. The molecule has 0 aliphatic carbocycles. The normalized spacial score (nSPS) is 0. The lowest BCUT2D eigenvalue weighted by Gasteiger charge is -0.345. The van der Waals surface area contributed by atoms with Gasteiger partial charge >= 0.3 is 0 Å². The molecule has 0 spiro atoms. The molecule has 0 saturated carbocycles. The van der Waals surface area contributed by atoms with Crippen LogP contribution in [0.5, 0.6) is 0 Å². The lowest BCUT2D eigenvalue weighted by molar-refractivity contribution is 2.13. The summed E-state index contributed by atoms with van der Waals surface area (Å²) in [6.45, 7) is 0. The zero-order chi connectivity index (χ0) is 0. The third kappa shape index (κ3) is 8480. The van der Waals surface area contributed by atoms with Crippen molar-refractivity contribution < 1.29 is 0 Å². The molecule has 0 radical (unpaired) electrons. The summed E-state index contributed by atoms with van der Waals surface area (Å²) in [7, 11) is 0. The molecule has 0 fully saturated rings. The third-order valence-corrected chi connectivity index (χ3v) is 0. The molecule has 0 aliphatic heterocycles. The number of hydrogen-bond donors (Lipinski definition) is 50. The summed E-state index contributed by atoms with van der Waals surface area (Å²) >= 11 is 0. The molecule has 800 valence electrons. The molecule has 0 saturated heterocycles. The van der Waals surface area contributed by atoms with Gasteiger partial charge in [-0.2, -0.15) is 0 Å². The van der Waals surface area contributed by atoms with Crippen LogP contribution in [0.4, 0.5) is 0 Å². The predicted molar refractivity (Wildman–Crippen MR) is 614 cm³/mol. The Hall–Kier alpha value is 12.5. The van der Waals surface area contributed by atoms with Gasteiger partial charge in [-0.25, -0.2) is 0 Å². The van der Waals surface area contributed by atoms with E-state index >= 15 is 0 Å². The molecule has 0 aliphatic rings. The molecule has 0 bridgehead atoms. The summed E-state index contributed by atoms with van der Waals surface area (Å²) in [4.78, 5) is 0. The molecule has 100 heavy (non-hydrogen) atoms. The lowest BCUT2D eigenvalue weighted by atomic mass is 14.0. The van der Waals surface area contributed by atoms with Crippen molar-refractivity contribution in [2.75, 3.05) is 0 Å². The minimum atomic E-state index is 0. The summed E-state index contributed by atoms with van der Waals surface area (Å²) in [6, 6.07) is 0. The third-order valence-electron chi connectivity index (χ3n) is 0. The molecule has 0 atom stereocenters. The van der Waals surface area contributed by atoms with Crippen LogP contribution in [0.1, 0.15) is 0 Å². The summed E-state index contributed by atoms with van der Waals surface area (Å²) < 4.78 is 0. The van der Waals surface area contributed by atoms with Gasteiger partial charge in [0.2, 0.25) is 0 Å². The molecule has 0 rings (SSSR count). The van der Waals surface area contributed by atoms with E-state index in [0.717, 1.165) is 0 Å². The second-order valence-corrected chi connectivity index (χ2v) is 0. The zero-order valence-corrected chi connectivity index (χ0v) is 96.6. The Morgan fingerprint density at radius 1 is 0.0200 bits per heavy atom. The lowest BCUT2D eigenvalue weighted by Crippen LogP contribution is -0.482. The van der Waals surface area contributed by atoms with E-state index in [2.05, 4.69) is 0 Å². The highest BCUT2D eigenvalue weighted by molar-refractivity contribution is 5.90. The fourth-order valence-electron chi connectivity index (χ4n) is 0. The fraction of sp³-hybridized carbons (Fsp3) is 0. The Balaban J connectivity index is 0. The van der Waals surface area contributed by atoms with E-state index in [1.807, 2.05) is 0 Å². The summed E-state index contributed by atoms with van der Waals surface area (Å²) in [5.74, 6) is 0. The van der Waals surface area contributed by atoms with Crippen molar-refractivity contribution in [2.45, 2.75) is 0 Å². The van der Waals surface area contributed by atoms with Crippen LogP contribution in [0.25, 0.3) is 0 Å². The Labute approximate surface area is 916 Å². The minimum Gasteiger partial charge on any atom is -0.344 e. The van der Waals surface area contributed by atoms with Crippen molar-refractivity contribution in [3.63, 3.8) is 0 Å². The van der Waals surface area contributed by atoms with E-state index in [4.69, 9.17) is 0 Å². The molecule has 0 amide bonds. The highest BCUT2D eigenvalue weighted by Gasteiger charge is -0.0856. The zero-order valence-electron chi connectivity index (χ0n) is 55.8. The van der Waals surface area contributed by atoms with Crippen LogP contribution in [-0.2, 0) is 0 Å². The average molecular weight is 2670 g/mol. The van der Waals surface area contributed by atoms with Gasteiger partial charge in [0.15, 0.2) is 0 Å². The maximum absolute atomic E-state index is 0. The van der Waals surface area contributed by atoms with E-state index in [1.54, 1.807) is 0 Å². The van der Waals surface area contributed by atoms with Crippen LogP contribution >= 0.6 is 620 Å². The first-order chi connectivity index (χ1) is 0. The van der Waals surface area contributed by atoms with Gasteiger partial charge in [-0.1, -0.05) is 0 Å². The summed E-state index contributed by atoms with van der Waals surface area (Å²) in [6.07, 6.45) is 0. The molecule has 100 heteroatoms. The van der Waals surface area contributed by atoms with Gasteiger partial charge in [-0.15, -0.1) is 620 Å². The largest absolute Gasteiger partial charge is 0.344 e. The first-order valence-corrected chi connectivity index (χ1v) is 0. The van der Waals surface area contributed by atoms with Crippen LogP contribution in [-0.4, -0.2) is 0 Å². The molecule has 0 aromatic rings. The maximum atomic E-state index is 0. The van der Waals surface area contributed by atoms with Crippen molar-refractivity contribution in [2.24, 2.45) is 0 Å². The minimum absolute atomic E-state index is 0. The second kappa shape index (κ2) is 8710. The second-order valence-electron chi connectivity index (χ2n) is 0. The SMILES string of the molecule is Cl.Cl.Cl.Cl.Cl.Cl.Cl.Cl.Cl.Cl.Cl.Cl.Cl.Cl.Cl.Cl.Cl.Cl.Cl.Cl.Cl.Cl.Cl.Cl.Cl.Cl.Cl.Cl.Cl.Cl.Cl.Cl.Cl.Cl.Cl.Cl.Cl.Cl.Cl.Cl.Cl.Cl.Cl.Cl.Cl.Cl.Cl.Cl.Cl.Cl.N.N.N.N.N.N.N.N.N.N.N.N.N.N.N.N.N.N.N.N.N.N.N.N.N.N.N.N.N.N.N.N.N.N.N.N.N.N.N.N.N.N.N.N.N.N.N.N.N.N. The number of rotatable bonds is 0. The first kappa shape index (κ1) is 8950. The topological polar surface area (TPSA) is 1750 Å². The van der Waals surface area contributed by atoms with Crippen molar-refractivity contribution in [1.82, 2.24) is 308 Å². The van der Waals surface area contributed by atoms with Crippen molar-refractivity contribution in [1.29, 1.82) is 0 Å². The van der Waals surface area contributed by atoms with E-state index in [0.29, 0.717) is 0 Å². The Morgan fingerprint density at radius 2 is 0.0200 bits per heavy atom. The van der Waals surface area contributed by atoms with Crippen molar-refractivity contribution >= 4 is 620 Å². The van der Waals surface area contributed by atoms with Crippen molar-refractivity contribution in [3.8, 4) is 0 Å². The Bertz CT molecular complexity index is 100. The Morgan fingerprint density at radius 3 is 0.0200 bits per heavy atom. The fourth-order valence-corrected chi connectivity index (χ4v) is 0. The molecule has 0 heterocycles. The number of halogens is 50. The van der Waals surface area contributed by atoms with Crippen LogP contribution in [0.15, 0.2) is 0 Å². The van der Waals surface area contributed by atoms with Gasteiger partial charge in [0, 0.05) is 0 Å². The van der Waals surface area contributed by atoms with Crippen LogP contribution in [0.2, 0.25) is 0 Å². The van der Waals surface area contributed by atoms with Gasteiger partial charge in [0.1, 0.15) is 0 Å². The molecule has 0 aromatic carbocycles. The highest BCUT2D eigenvalue weighted by atomic mass is 35.5. The smallest absolute Gasteiger partial charge is 0.147 e. The maximum Gasteiger partial charge on any atom is -0.147 e. The molecule has 0 unspecified atom stereocenters. The van der Waals surface area contributed by atoms with Gasteiger partial charge in [-0.05, 0) is 0 Å². The average Bonchev–Trinajstić information content (AvgIpc) is 0. The van der Waals surface area contributed by atoms with E-state index in [-0.39, 0.29) is 928 Å².